The number of allylic oxidation sites excluding steroid dienone is 4. The Bertz CT molecular complexity index is 1470. The molecule has 2 aliphatic rings. The fourth-order valence-electron chi connectivity index (χ4n) is 4.39. The largest absolute Gasteiger partial charge is 0.493 e. The number of esters is 2. The first-order valence-electron chi connectivity index (χ1n) is 14.8. The van der Waals surface area contributed by atoms with E-state index >= 15 is 0 Å². The lowest BCUT2D eigenvalue weighted by Crippen LogP contribution is -2.15. The Morgan fingerprint density at radius 3 is 2.24 bits per heavy atom. The summed E-state index contributed by atoms with van der Waals surface area (Å²) in [5.41, 5.74) is 1.56. The standard InChI is InChI=1S/C34H35BrCl2F2O7/c1-3-26(36)25(27(37)4-2)15-30(22-9-12-29(46-34(38)39)31(14-22)43-18-21-7-8-21)45-33(41)23-10-11-28(42-17-20-5-6-20)24(13-23)19-44-32(40)16-35/h3-4,9-14,20-21,30,34H,1,5-8,15-19H2,2H3/b26-25+,27-4+/t30-/m0/s1. The monoisotopic (exact) mass is 742 g/mol. The molecule has 2 aromatic rings. The minimum atomic E-state index is -3.06. The van der Waals surface area contributed by atoms with Gasteiger partial charge < -0.3 is 23.7 Å². The summed E-state index contributed by atoms with van der Waals surface area (Å²) in [6.07, 6.45) is 6.26. The van der Waals surface area contributed by atoms with Crippen LogP contribution < -0.4 is 14.2 Å². The molecule has 0 N–H and O–H groups in total. The Morgan fingerprint density at radius 2 is 1.65 bits per heavy atom. The SMILES string of the molecule is C=C/C(Cl)=C(C[C@H](OC(=O)c1ccc(OCC2CC2)c(COC(=O)CBr)c1)c1ccc(OC(F)F)c(OCC2CC2)c1)\C(Cl)=C/C. The number of alkyl halides is 3. The van der Waals surface area contributed by atoms with Crippen molar-refractivity contribution in [1.29, 1.82) is 0 Å². The molecule has 0 aromatic heterocycles. The Balaban J connectivity index is 1.67. The van der Waals surface area contributed by atoms with Crippen molar-refractivity contribution in [3.63, 3.8) is 0 Å². The highest BCUT2D eigenvalue weighted by Gasteiger charge is 2.27. The van der Waals surface area contributed by atoms with Gasteiger partial charge in [-0.2, -0.15) is 8.78 Å². The van der Waals surface area contributed by atoms with E-state index in [0.29, 0.717) is 52.5 Å². The Morgan fingerprint density at radius 1 is 1.00 bits per heavy atom. The quantitative estimate of drug-likeness (QED) is 0.0855. The second-order valence-electron chi connectivity index (χ2n) is 11.0. The van der Waals surface area contributed by atoms with Crippen molar-refractivity contribution in [2.45, 2.75) is 58.4 Å². The summed E-state index contributed by atoms with van der Waals surface area (Å²) < 4.78 is 54.3. The Labute approximate surface area is 285 Å². The van der Waals surface area contributed by atoms with Crippen LogP contribution in [0.1, 0.15) is 66.6 Å². The van der Waals surface area contributed by atoms with Crippen molar-refractivity contribution in [3.05, 3.63) is 87.5 Å². The fourth-order valence-corrected chi connectivity index (χ4v) is 4.96. The third kappa shape index (κ3) is 10.7. The average Bonchev–Trinajstić information content (AvgIpc) is 3.99. The third-order valence-electron chi connectivity index (χ3n) is 7.34. The molecule has 0 spiro atoms. The molecule has 248 valence electrons. The summed E-state index contributed by atoms with van der Waals surface area (Å²) in [4.78, 5) is 25.5. The molecule has 7 nitrogen and oxygen atoms in total. The molecule has 46 heavy (non-hydrogen) atoms. The van der Waals surface area contributed by atoms with Crippen molar-refractivity contribution < 1.29 is 42.1 Å². The number of benzene rings is 2. The van der Waals surface area contributed by atoms with Crippen LogP contribution in [-0.2, 0) is 20.9 Å². The third-order valence-corrected chi connectivity index (χ3v) is 8.63. The maximum Gasteiger partial charge on any atom is 0.387 e. The molecule has 2 aromatic carbocycles. The fraction of sp³-hybridized carbons (Fsp3) is 0.412. The van der Waals surface area contributed by atoms with E-state index in [1.807, 2.05) is 0 Å². The number of carbonyl (C=O) groups is 2. The maximum atomic E-state index is 13.7. The predicted molar refractivity (Wildman–Crippen MR) is 175 cm³/mol. The van der Waals surface area contributed by atoms with Crippen LogP contribution in [-0.4, -0.2) is 37.1 Å². The number of hydrogen-bond donors (Lipinski definition) is 0. The minimum Gasteiger partial charge on any atom is -0.493 e. The highest BCUT2D eigenvalue weighted by atomic mass is 79.9. The number of hydrogen-bond acceptors (Lipinski definition) is 7. The number of halogens is 5. The number of ether oxygens (including phenoxy) is 5. The first-order chi connectivity index (χ1) is 22.1. The molecular formula is C34H35BrCl2F2O7. The molecule has 2 saturated carbocycles. The van der Waals surface area contributed by atoms with Crippen LogP contribution in [0.3, 0.4) is 0 Å². The van der Waals surface area contributed by atoms with Crippen molar-refractivity contribution >= 4 is 51.1 Å². The molecule has 0 bridgehead atoms. The van der Waals surface area contributed by atoms with E-state index in [2.05, 4.69) is 22.5 Å². The number of rotatable bonds is 18. The predicted octanol–water partition coefficient (Wildman–Crippen LogP) is 9.41. The molecule has 0 unspecified atom stereocenters. The second-order valence-corrected chi connectivity index (χ2v) is 12.4. The lowest BCUT2D eigenvalue weighted by molar-refractivity contribution is -0.141. The lowest BCUT2D eigenvalue weighted by Gasteiger charge is -2.22. The van der Waals surface area contributed by atoms with Gasteiger partial charge in [-0.1, -0.05) is 63.9 Å². The van der Waals surface area contributed by atoms with E-state index in [0.717, 1.165) is 25.7 Å². The van der Waals surface area contributed by atoms with Crippen LogP contribution in [0.5, 0.6) is 17.2 Å². The highest BCUT2D eigenvalue weighted by Crippen LogP contribution is 2.40. The molecule has 1 atom stereocenters. The normalized spacial score (nSPS) is 15.9. The van der Waals surface area contributed by atoms with Crippen LogP contribution in [0, 0.1) is 11.8 Å². The molecule has 0 saturated heterocycles. The van der Waals surface area contributed by atoms with Crippen LogP contribution >= 0.6 is 39.1 Å². The van der Waals surface area contributed by atoms with Gasteiger partial charge >= 0.3 is 18.6 Å². The van der Waals surface area contributed by atoms with Crippen LogP contribution in [0.2, 0.25) is 0 Å². The Hall–Kier alpha value is -3.08. The number of carbonyl (C=O) groups excluding carboxylic acids is 2. The van der Waals surface area contributed by atoms with Crippen LogP contribution in [0.15, 0.2) is 70.8 Å². The van der Waals surface area contributed by atoms with Gasteiger partial charge in [0.05, 0.1) is 18.8 Å². The van der Waals surface area contributed by atoms with E-state index in [1.165, 1.54) is 24.3 Å². The van der Waals surface area contributed by atoms with Gasteiger partial charge in [0, 0.05) is 22.0 Å². The zero-order chi connectivity index (χ0) is 33.2. The van der Waals surface area contributed by atoms with Gasteiger partial charge in [0.15, 0.2) is 11.5 Å². The van der Waals surface area contributed by atoms with E-state index in [1.54, 1.807) is 31.2 Å². The summed E-state index contributed by atoms with van der Waals surface area (Å²) in [6.45, 7) is 3.15. The van der Waals surface area contributed by atoms with Crippen LogP contribution in [0.4, 0.5) is 8.78 Å². The highest BCUT2D eigenvalue weighted by molar-refractivity contribution is 9.09. The molecule has 4 rings (SSSR count). The van der Waals surface area contributed by atoms with Gasteiger partial charge in [-0.15, -0.1) is 0 Å². The summed E-state index contributed by atoms with van der Waals surface area (Å²) in [5.74, 6) is 0.0945. The van der Waals surface area contributed by atoms with E-state index < -0.39 is 24.7 Å². The smallest absolute Gasteiger partial charge is 0.387 e. The van der Waals surface area contributed by atoms with E-state index in [-0.39, 0.29) is 40.5 Å². The van der Waals surface area contributed by atoms with E-state index in [4.69, 9.17) is 46.9 Å². The molecule has 0 radical (unpaired) electrons. The minimum absolute atomic E-state index is 0.0140. The summed E-state index contributed by atoms with van der Waals surface area (Å²) in [7, 11) is 0. The first-order valence-corrected chi connectivity index (χ1v) is 16.7. The second kappa shape index (κ2) is 17.2. The molecule has 2 fully saturated rings. The molecule has 12 heteroatoms. The van der Waals surface area contributed by atoms with Crippen molar-refractivity contribution in [1.82, 2.24) is 0 Å². The van der Waals surface area contributed by atoms with E-state index in [9.17, 15) is 18.4 Å². The Kier molecular flexibility index (Phi) is 13.4. The van der Waals surface area contributed by atoms with Gasteiger partial charge in [0.1, 0.15) is 23.8 Å². The van der Waals surface area contributed by atoms with Gasteiger partial charge in [0.2, 0.25) is 0 Å². The summed E-state index contributed by atoms with van der Waals surface area (Å²) in [6, 6.07) is 9.14. The average molecular weight is 744 g/mol. The summed E-state index contributed by atoms with van der Waals surface area (Å²) >= 11 is 16.1. The zero-order valence-corrected chi connectivity index (χ0v) is 28.3. The first kappa shape index (κ1) is 35.8. The molecule has 0 amide bonds. The summed E-state index contributed by atoms with van der Waals surface area (Å²) in [5, 5.41) is 0.585. The maximum absolute atomic E-state index is 13.7. The molecule has 2 aliphatic carbocycles. The van der Waals surface area contributed by atoms with Gasteiger partial charge in [-0.05, 0) is 85.9 Å². The van der Waals surface area contributed by atoms with Crippen molar-refractivity contribution in [3.8, 4) is 17.2 Å². The van der Waals surface area contributed by atoms with Gasteiger partial charge in [-0.25, -0.2) is 4.79 Å². The van der Waals surface area contributed by atoms with Gasteiger partial charge in [0.25, 0.3) is 0 Å². The zero-order valence-electron chi connectivity index (χ0n) is 25.2. The van der Waals surface area contributed by atoms with Crippen molar-refractivity contribution in [2.24, 2.45) is 11.8 Å². The lowest BCUT2D eigenvalue weighted by atomic mass is 9.99. The molecule has 0 heterocycles. The van der Waals surface area contributed by atoms with Gasteiger partial charge in [-0.3, -0.25) is 4.79 Å². The topological polar surface area (TPSA) is 80.3 Å². The molecule has 0 aliphatic heterocycles. The molecular weight excluding hydrogens is 709 g/mol. The van der Waals surface area contributed by atoms with Crippen molar-refractivity contribution in [2.75, 3.05) is 18.5 Å². The van der Waals surface area contributed by atoms with Crippen LogP contribution in [0.25, 0.3) is 0 Å².